The predicted octanol–water partition coefficient (Wildman–Crippen LogP) is 2.19. The van der Waals surface area contributed by atoms with E-state index in [1.807, 2.05) is 6.92 Å². The Bertz CT molecular complexity index is 806. The van der Waals surface area contributed by atoms with E-state index in [1.165, 1.54) is 12.1 Å². The minimum atomic E-state index is -0.452. The zero-order chi connectivity index (χ0) is 34.4. The van der Waals surface area contributed by atoms with Crippen molar-refractivity contribution in [3.63, 3.8) is 0 Å². The van der Waals surface area contributed by atoms with Crippen molar-refractivity contribution in [3.8, 4) is 5.75 Å². The fourth-order valence-corrected chi connectivity index (χ4v) is 3.45. The molecule has 48 heavy (non-hydrogen) atoms. The molecule has 16 nitrogen and oxygen atoms in total. The number of non-ortho nitro benzene ring substituents is 1. The summed E-state index contributed by atoms with van der Waals surface area (Å²) in [5.74, 6) is 0.555. The van der Waals surface area contributed by atoms with Gasteiger partial charge in [-0.05, 0) is 19.1 Å². The number of hydrogen-bond donors (Lipinski definition) is 0. The molecule has 0 saturated carbocycles. The molecule has 1 rings (SSSR count). The molecule has 0 atom stereocenters. The van der Waals surface area contributed by atoms with Crippen molar-refractivity contribution in [2.24, 2.45) is 0 Å². The molecular weight excluding hydrogens is 638 g/mol. The van der Waals surface area contributed by atoms with E-state index in [9.17, 15) is 10.1 Å². The van der Waals surface area contributed by atoms with E-state index in [4.69, 9.17) is 61.6 Å². The number of rotatable bonds is 39. The number of ether oxygens (including phenoxy) is 13. The monoisotopic (exact) mass is 695 g/mol. The molecule has 280 valence electrons. The fraction of sp³-hybridized carbons (Fsp3) is 0.812. The van der Waals surface area contributed by atoms with Crippen molar-refractivity contribution in [2.75, 3.05) is 165 Å². The molecule has 1 aromatic carbocycles. The summed E-state index contributed by atoms with van der Waals surface area (Å²) in [7, 11) is 0. The van der Waals surface area contributed by atoms with Gasteiger partial charge in [0.2, 0.25) is 0 Å². The second kappa shape index (κ2) is 36.2. The van der Waals surface area contributed by atoms with Crippen molar-refractivity contribution in [1.29, 1.82) is 0 Å². The van der Waals surface area contributed by atoms with Gasteiger partial charge < -0.3 is 61.6 Å². The topological polar surface area (TPSA) is 163 Å². The summed E-state index contributed by atoms with van der Waals surface area (Å²) in [6.45, 7) is 14.5. The Kier molecular flexibility index (Phi) is 33.2. The van der Waals surface area contributed by atoms with Gasteiger partial charge in [-0.25, -0.2) is 0 Å². The van der Waals surface area contributed by atoms with Crippen LogP contribution in [0.25, 0.3) is 0 Å². The van der Waals surface area contributed by atoms with Gasteiger partial charge in [-0.1, -0.05) is 0 Å². The van der Waals surface area contributed by atoms with Crippen molar-refractivity contribution in [2.45, 2.75) is 6.92 Å². The smallest absolute Gasteiger partial charge is 0.269 e. The molecule has 0 saturated heterocycles. The van der Waals surface area contributed by atoms with Gasteiger partial charge in [0.25, 0.3) is 5.69 Å². The summed E-state index contributed by atoms with van der Waals surface area (Å²) in [6.07, 6.45) is 0. The normalized spacial score (nSPS) is 11.4. The molecule has 0 fully saturated rings. The maximum atomic E-state index is 10.6. The number of benzene rings is 1. The summed E-state index contributed by atoms with van der Waals surface area (Å²) < 4.78 is 70.5. The van der Waals surface area contributed by atoms with Crippen LogP contribution in [-0.2, 0) is 56.8 Å². The summed E-state index contributed by atoms with van der Waals surface area (Å²) >= 11 is 0. The molecule has 16 heteroatoms. The first-order valence-electron chi connectivity index (χ1n) is 16.5. The first kappa shape index (κ1) is 44.0. The molecule has 0 radical (unpaired) electrons. The van der Waals surface area contributed by atoms with Crippen LogP contribution in [0.1, 0.15) is 6.92 Å². The van der Waals surface area contributed by atoms with Crippen LogP contribution in [0.4, 0.5) is 5.69 Å². The minimum absolute atomic E-state index is 0.0250. The van der Waals surface area contributed by atoms with Crippen LogP contribution in [0, 0.1) is 10.1 Å². The molecule has 0 unspecified atom stereocenters. The van der Waals surface area contributed by atoms with Gasteiger partial charge in [-0.15, -0.1) is 0 Å². The van der Waals surface area contributed by atoms with Crippen molar-refractivity contribution >= 4 is 5.69 Å². The molecular formula is C32H57NO15. The van der Waals surface area contributed by atoms with Crippen molar-refractivity contribution < 1.29 is 66.5 Å². The van der Waals surface area contributed by atoms with E-state index in [-0.39, 0.29) is 5.69 Å². The van der Waals surface area contributed by atoms with Gasteiger partial charge in [-0.3, -0.25) is 10.1 Å². The number of hydrogen-bond acceptors (Lipinski definition) is 15. The maximum absolute atomic E-state index is 10.6. The fourth-order valence-electron chi connectivity index (χ4n) is 3.45. The third-order valence-electron chi connectivity index (χ3n) is 5.84. The molecule has 0 amide bonds. The Morgan fingerprint density at radius 2 is 0.625 bits per heavy atom. The van der Waals surface area contributed by atoms with E-state index >= 15 is 0 Å². The summed E-state index contributed by atoms with van der Waals surface area (Å²) in [4.78, 5) is 10.2. The summed E-state index contributed by atoms with van der Waals surface area (Å²) in [5.41, 5.74) is 0.0250. The van der Waals surface area contributed by atoms with Crippen LogP contribution in [0.2, 0.25) is 0 Å². The molecule has 0 spiro atoms. The van der Waals surface area contributed by atoms with Gasteiger partial charge >= 0.3 is 0 Å². The first-order chi connectivity index (χ1) is 23.7. The van der Waals surface area contributed by atoms with Crippen LogP contribution in [-0.4, -0.2) is 170 Å². The number of nitro benzene ring substituents is 1. The Morgan fingerprint density at radius 3 is 0.854 bits per heavy atom. The Balaban J connectivity index is 1.64. The average molecular weight is 696 g/mol. The minimum Gasteiger partial charge on any atom is -0.491 e. The van der Waals surface area contributed by atoms with Crippen LogP contribution in [0.3, 0.4) is 0 Å². The molecule has 0 aliphatic heterocycles. The molecule has 0 N–H and O–H groups in total. The zero-order valence-electron chi connectivity index (χ0n) is 28.6. The molecule has 0 aliphatic rings. The van der Waals surface area contributed by atoms with E-state index in [1.54, 1.807) is 12.1 Å². The second-order valence-corrected chi connectivity index (χ2v) is 9.53. The third-order valence-corrected chi connectivity index (χ3v) is 5.84. The maximum Gasteiger partial charge on any atom is 0.269 e. The number of nitro groups is 1. The average Bonchev–Trinajstić information content (AvgIpc) is 3.09. The van der Waals surface area contributed by atoms with E-state index < -0.39 is 4.92 Å². The Labute approximate surface area is 284 Å². The lowest BCUT2D eigenvalue weighted by Gasteiger charge is -2.09. The van der Waals surface area contributed by atoms with Gasteiger partial charge in [-0.2, -0.15) is 0 Å². The Morgan fingerprint density at radius 1 is 0.396 bits per heavy atom. The second-order valence-electron chi connectivity index (χ2n) is 9.53. The quantitative estimate of drug-likeness (QED) is 0.0559. The lowest BCUT2D eigenvalue weighted by atomic mass is 10.3. The lowest BCUT2D eigenvalue weighted by Crippen LogP contribution is -2.15. The van der Waals surface area contributed by atoms with Crippen LogP contribution in [0.5, 0.6) is 5.75 Å². The molecule has 1 aromatic rings. The standard InChI is InChI=1S/C32H57NO15/c1-2-36-7-8-37-9-10-38-11-12-39-13-14-40-15-16-41-17-18-42-19-20-43-21-22-44-23-24-45-25-26-46-27-28-47-29-30-48-32-5-3-31(4-6-32)33(34)35/h3-6H,2,7-30H2,1H3. The predicted molar refractivity (Wildman–Crippen MR) is 174 cm³/mol. The van der Waals surface area contributed by atoms with Crippen LogP contribution in [0.15, 0.2) is 24.3 Å². The first-order valence-corrected chi connectivity index (χ1v) is 16.5. The van der Waals surface area contributed by atoms with E-state index in [0.717, 1.165) is 0 Å². The summed E-state index contributed by atoms with van der Waals surface area (Å²) in [5, 5.41) is 10.6. The van der Waals surface area contributed by atoms with Crippen LogP contribution < -0.4 is 4.74 Å². The number of nitrogens with zero attached hydrogens (tertiary/aromatic N) is 1. The SMILES string of the molecule is CCOCCOCCOCCOCCOCCOCCOCCOCCOCCOCCOCCOCCOc1ccc([N+](=O)[O-])cc1. The lowest BCUT2D eigenvalue weighted by molar-refractivity contribution is -0.384. The highest BCUT2D eigenvalue weighted by Gasteiger charge is 2.04. The van der Waals surface area contributed by atoms with Gasteiger partial charge in [0, 0.05) is 18.7 Å². The van der Waals surface area contributed by atoms with Gasteiger partial charge in [0.15, 0.2) is 0 Å². The molecule has 0 heterocycles. The highest BCUT2D eigenvalue weighted by atomic mass is 16.6. The molecule has 0 aromatic heterocycles. The third kappa shape index (κ3) is 31.2. The Hall–Kier alpha value is -2.06. The van der Waals surface area contributed by atoms with Crippen molar-refractivity contribution in [1.82, 2.24) is 0 Å². The molecule has 0 aliphatic carbocycles. The van der Waals surface area contributed by atoms with Crippen molar-refractivity contribution in [3.05, 3.63) is 34.4 Å². The zero-order valence-corrected chi connectivity index (χ0v) is 28.6. The summed E-state index contributed by atoms with van der Waals surface area (Å²) in [6, 6.07) is 5.91. The highest BCUT2D eigenvalue weighted by Crippen LogP contribution is 2.17. The molecule has 0 bridgehead atoms. The largest absolute Gasteiger partial charge is 0.491 e. The van der Waals surface area contributed by atoms with Gasteiger partial charge in [0.05, 0.1) is 157 Å². The van der Waals surface area contributed by atoms with E-state index in [2.05, 4.69) is 0 Å². The highest BCUT2D eigenvalue weighted by molar-refractivity contribution is 5.35. The van der Waals surface area contributed by atoms with Crippen LogP contribution >= 0.6 is 0 Å². The van der Waals surface area contributed by atoms with Gasteiger partial charge in [0.1, 0.15) is 12.4 Å². The van der Waals surface area contributed by atoms with E-state index in [0.29, 0.717) is 171 Å².